The van der Waals surface area contributed by atoms with E-state index in [1.165, 1.54) is 20.8 Å². The van der Waals surface area contributed by atoms with Gasteiger partial charge in [0.15, 0.2) is 6.10 Å². The van der Waals surface area contributed by atoms with Crippen LogP contribution in [0.3, 0.4) is 0 Å². The van der Waals surface area contributed by atoms with Gasteiger partial charge in [0.25, 0.3) is 0 Å². The molecule has 1 saturated heterocycles. The fraction of sp³-hybridized carbons (Fsp3) is 0.808. The van der Waals surface area contributed by atoms with Gasteiger partial charge in [0.1, 0.15) is 29.5 Å². The van der Waals surface area contributed by atoms with Crippen molar-refractivity contribution in [1.82, 2.24) is 0 Å². The van der Waals surface area contributed by atoms with E-state index in [-0.39, 0.29) is 19.4 Å². The predicted molar refractivity (Wildman–Crippen MR) is 126 cm³/mol. The van der Waals surface area contributed by atoms with Gasteiger partial charge in [0.05, 0.1) is 18.8 Å². The minimum absolute atomic E-state index is 0.112. The van der Waals surface area contributed by atoms with Gasteiger partial charge in [-0.2, -0.15) is 0 Å². The molecule has 10 unspecified atom stereocenters. The number of aliphatic hydroxyl groups is 4. The zero-order chi connectivity index (χ0) is 27.9. The van der Waals surface area contributed by atoms with Crippen molar-refractivity contribution in [2.45, 2.75) is 109 Å². The van der Waals surface area contributed by atoms with E-state index in [2.05, 4.69) is 0 Å². The van der Waals surface area contributed by atoms with E-state index in [0.29, 0.717) is 11.1 Å². The number of carbonyl (C=O) groups excluding carboxylic acids is 3. The molecule has 1 heterocycles. The molecule has 2 saturated carbocycles. The minimum Gasteiger partial charge on any atom is -0.459 e. The summed E-state index contributed by atoms with van der Waals surface area (Å²) in [6.07, 6.45) is -7.88. The molecule has 0 spiro atoms. The topological polar surface area (TPSA) is 169 Å². The molecule has 0 aromatic rings. The van der Waals surface area contributed by atoms with Gasteiger partial charge < -0.3 is 39.4 Å². The lowest BCUT2D eigenvalue weighted by Crippen LogP contribution is -2.75. The molecule has 0 radical (unpaired) electrons. The van der Waals surface area contributed by atoms with Crippen molar-refractivity contribution in [1.29, 1.82) is 0 Å². The van der Waals surface area contributed by atoms with Crippen LogP contribution in [0.4, 0.5) is 0 Å². The Morgan fingerprint density at radius 1 is 0.946 bits per heavy atom. The number of rotatable bonds is 3. The quantitative estimate of drug-likeness (QED) is 0.224. The number of carbonyl (C=O) groups is 3. The number of hydrogen-bond donors (Lipinski definition) is 4. The summed E-state index contributed by atoms with van der Waals surface area (Å²) < 4.78 is 22.8. The molecule has 10 atom stereocenters. The number of ether oxygens (including phenoxy) is 4. The summed E-state index contributed by atoms with van der Waals surface area (Å²) in [5.41, 5.74) is -5.64. The first-order valence-electron chi connectivity index (χ1n) is 12.6. The summed E-state index contributed by atoms with van der Waals surface area (Å²) in [7, 11) is 0. The van der Waals surface area contributed by atoms with Crippen LogP contribution in [-0.4, -0.2) is 92.8 Å². The molecule has 0 aromatic carbocycles. The van der Waals surface area contributed by atoms with Crippen molar-refractivity contribution in [2.24, 2.45) is 16.7 Å². The van der Waals surface area contributed by atoms with Crippen LogP contribution < -0.4 is 0 Å². The second-order valence-corrected chi connectivity index (χ2v) is 11.8. The summed E-state index contributed by atoms with van der Waals surface area (Å²) in [5, 5.41) is 47.9. The molecule has 4 aliphatic rings. The third-order valence-electron chi connectivity index (χ3n) is 9.47. The molecule has 2 bridgehead atoms. The molecule has 4 rings (SSSR count). The summed E-state index contributed by atoms with van der Waals surface area (Å²) in [5.74, 6) is -3.14. The van der Waals surface area contributed by atoms with E-state index in [1.807, 2.05) is 0 Å². The van der Waals surface area contributed by atoms with Crippen molar-refractivity contribution >= 4 is 17.9 Å². The highest BCUT2D eigenvalue weighted by Crippen LogP contribution is 2.65. The number of hydrogen-bond acceptors (Lipinski definition) is 11. The Labute approximate surface area is 215 Å². The van der Waals surface area contributed by atoms with E-state index in [1.54, 1.807) is 27.7 Å². The third kappa shape index (κ3) is 3.76. The second-order valence-electron chi connectivity index (χ2n) is 11.8. The van der Waals surface area contributed by atoms with Crippen LogP contribution in [0, 0.1) is 16.7 Å². The predicted octanol–water partition coefficient (Wildman–Crippen LogP) is 0.151. The summed E-state index contributed by atoms with van der Waals surface area (Å²) in [6, 6.07) is 0. The van der Waals surface area contributed by atoms with Gasteiger partial charge in [0, 0.05) is 50.4 Å². The first kappa shape index (κ1) is 28.0. The zero-order valence-electron chi connectivity index (χ0n) is 22.3. The fourth-order valence-electron chi connectivity index (χ4n) is 7.60. The largest absolute Gasteiger partial charge is 0.459 e. The van der Waals surface area contributed by atoms with E-state index < -0.39 is 82.5 Å². The van der Waals surface area contributed by atoms with Crippen LogP contribution in [0.2, 0.25) is 0 Å². The van der Waals surface area contributed by atoms with Crippen molar-refractivity contribution in [3.8, 4) is 0 Å². The third-order valence-corrected chi connectivity index (χ3v) is 9.47. The molecule has 4 N–H and O–H groups in total. The van der Waals surface area contributed by atoms with Crippen LogP contribution in [0.25, 0.3) is 0 Å². The Kier molecular flexibility index (Phi) is 6.61. The number of fused-ring (bicyclic) bond motifs is 3. The normalized spacial score (nSPS) is 46.3. The lowest BCUT2D eigenvalue weighted by atomic mass is 9.46. The molecular weight excluding hydrogens is 488 g/mol. The molecule has 0 aromatic heterocycles. The Balaban J connectivity index is 2.03. The monoisotopic (exact) mass is 526 g/mol. The van der Waals surface area contributed by atoms with Gasteiger partial charge >= 0.3 is 17.9 Å². The van der Waals surface area contributed by atoms with E-state index in [0.717, 1.165) is 0 Å². The maximum atomic E-state index is 12.5. The van der Waals surface area contributed by atoms with Gasteiger partial charge in [0.2, 0.25) is 0 Å². The van der Waals surface area contributed by atoms with Gasteiger partial charge in [-0.3, -0.25) is 14.4 Å². The molecule has 1 aliphatic heterocycles. The first-order chi connectivity index (χ1) is 16.9. The Hall–Kier alpha value is -2.05. The van der Waals surface area contributed by atoms with Crippen LogP contribution in [-0.2, 0) is 33.3 Å². The van der Waals surface area contributed by atoms with Gasteiger partial charge in [-0.25, -0.2) is 0 Å². The van der Waals surface area contributed by atoms with Crippen LogP contribution in [0.1, 0.15) is 61.3 Å². The van der Waals surface area contributed by atoms with E-state index in [4.69, 9.17) is 18.9 Å². The number of esters is 3. The standard InChI is InChI=1S/C26H38O11/c1-11-15(35-12(2)27)9-26(33)22-20-24(7,21(31)19(37-14(4)29)18(11)23(26,5)6)16(30)8-17(36-13(3)28)25(20,32)10-34-22/h15-17,19-22,30-33H,8-10H2,1-7H3. The molecule has 0 amide bonds. The van der Waals surface area contributed by atoms with Crippen molar-refractivity contribution < 1.29 is 53.8 Å². The molecule has 3 aliphatic carbocycles. The molecule has 37 heavy (non-hydrogen) atoms. The van der Waals surface area contributed by atoms with Gasteiger partial charge in [-0.05, 0) is 18.1 Å². The highest BCUT2D eigenvalue weighted by molar-refractivity contribution is 5.68. The summed E-state index contributed by atoms with van der Waals surface area (Å²) in [6.45, 7) is 9.92. The van der Waals surface area contributed by atoms with Crippen LogP contribution in [0.5, 0.6) is 0 Å². The Bertz CT molecular complexity index is 1040. The van der Waals surface area contributed by atoms with Crippen molar-refractivity contribution in [2.75, 3.05) is 6.61 Å². The van der Waals surface area contributed by atoms with Crippen molar-refractivity contribution in [3.05, 3.63) is 11.1 Å². The molecule has 11 nitrogen and oxygen atoms in total. The maximum Gasteiger partial charge on any atom is 0.303 e. The van der Waals surface area contributed by atoms with Crippen LogP contribution >= 0.6 is 0 Å². The smallest absolute Gasteiger partial charge is 0.303 e. The lowest BCUT2D eigenvalue weighted by Gasteiger charge is -2.63. The molecule has 3 fully saturated rings. The fourth-order valence-corrected chi connectivity index (χ4v) is 7.60. The Morgan fingerprint density at radius 2 is 1.51 bits per heavy atom. The summed E-state index contributed by atoms with van der Waals surface area (Å²) in [4.78, 5) is 36.2. The van der Waals surface area contributed by atoms with E-state index >= 15 is 0 Å². The average molecular weight is 527 g/mol. The number of aliphatic hydroxyl groups excluding tert-OH is 2. The zero-order valence-corrected chi connectivity index (χ0v) is 22.3. The van der Waals surface area contributed by atoms with Gasteiger partial charge in [-0.15, -0.1) is 0 Å². The van der Waals surface area contributed by atoms with E-state index in [9.17, 15) is 34.8 Å². The molecular formula is C26H38O11. The van der Waals surface area contributed by atoms with Crippen LogP contribution in [0.15, 0.2) is 11.1 Å². The average Bonchev–Trinajstić information content (AvgIpc) is 3.13. The van der Waals surface area contributed by atoms with Crippen molar-refractivity contribution in [3.63, 3.8) is 0 Å². The maximum absolute atomic E-state index is 12.5. The Morgan fingerprint density at radius 3 is 2.05 bits per heavy atom. The molecule has 208 valence electrons. The first-order valence-corrected chi connectivity index (χ1v) is 12.6. The van der Waals surface area contributed by atoms with Gasteiger partial charge in [-0.1, -0.05) is 20.8 Å². The minimum atomic E-state index is -1.89. The highest BCUT2D eigenvalue weighted by Gasteiger charge is 2.76. The highest BCUT2D eigenvalue weighted by atomic mass is 16.6. The summed E-state index contributed by atoms with van der Waals surface area (Å²) >= 11 is 0. The lowest BCUT2D eigenvalue weighted by molar-refractivity contribution is -0.273. The second kappa shape index (κ2) is 8.74. The molecule has 11 heteroatoms. The SMILES string of the molecule is CC(=O)OC1CC2(O)C3OCC4(O)C(OC(C)=O)CC(O)C(C)(C(O)C(OC(C)=O)C(=C1C)C2(C)C)C34.